The van der Waals surface area contributed by atoms with Crippen molar-refractivity contribution in [2.45, 2.75) is 12.5 Å². The number of hydrogen-bond donors (Lipinski definition) is 1. The van der Waals surface area contributed by atoms with Crippen LogP contribution in [0.1, 0.15) is 6.42 Å². The molecule has 2 amide bonds. The monoisotopic (exact) mass is 352 g/mol. The lowest BCUT2D eigenvalue weighted by molar-refractivity contribution is -0.160. The number of aliphatic carboxylic acids is 1. The van der Waals surface area contributed by atoms with Crippen molar-refractivity contribution in [3.8, 4) is 0 Å². The summed E-state index contributed by atoms with van der Waals surface area (Å²) in [7, 11) is 0. The van der Waals surface area contributed by atoms with Gasteiger partial charge in [0.1, 0.15) is 0 Å². The quantitative estimate of drug-likeness (QED) is 0.877. The van der Waals surface area contributed by atoms with Gasteiger partial charge in [0.15, 0.2) is 6.04 Å². The molecule has 8 heteroatoms. The zero-order valence-electron chi connectivity index (χ0n) is 12.9. The summed E-state index contributed by atoms with van der Waals surface area (Å²) < 4.78 is 5.14. The van der Waals surface area contributed by atoms with Gasteiger partial charge in [0, 0.05) is 19.5 Å². The highest BCUT2D eigenvalue weighted by Gasteiger charge is 2.41. The van der Waals surface area contributed by atoms with Crippen molar-refractivity contribution in [1.82, 2.24) is 4.90 Å². The van der Waals surface area contributed by atoms with Crippen molar-refractivity contribution in [3.63, 3.8) is 0 Å². The Balaban J connectivity index is 1.76. The molecule has 2 aliphatic rings. The maximum Gasteiger partial charge on any atom is 0.328 e. The minimum Gasteiger partial charge on any atom is -0.480 e. The van der Waals surface area contributed by atoms with Gasteiger partial charge in [0.2, 0.25) is 11.8 Å². The van der Waals surface area contributed by atoms with E-state index in [0.717, 1.165) is 0 Å². The molecule has 0 bridgehead atoms. The Kier molecular flexibility index (Phi) is 4.73. The third-order valence-corrected chi connectivity index (χ3v) is 4.63. The molecule has 128 valence electrons. The minimum absolute atomic E-state index is 0.0318. The zero-order valence-corrected chi connectivity index (χ0v) is 13.6. The van der Waals surface area contributed by atoms with Gasteiger partial charge in [-0.1, -0.05) is 23.7 Å². The molecule has 0 spiro atoms. The van der Waals surface area contributed by atoms with Crippen LogP contribution in [0.25, 0.3) is 0 Å². The van der Waals surface area contributed by atoms with E-state index in [0.29, 0.717) is 17.3 Å². The fourth-order valence-electron chi connectivity index (χ4n) is 3.08. The summed E-state index contributed by atoms with van der Waals surface area (Å²) in [6.45, 7) is 0.679. The molecule has 1 aromatic rings. The van der Waals surface area contributed by atoms with Crippen LogP contribution in [0, 0.1) is 5.92 Å². The number of carbonyl (C=O) groups is 3. The van der Waals surface area contributed by atoms with Gasteiger partial charge in [-0.25, -0.2) is 4.79 Å². The summed E-state index contributed by atoms with van der Waals surface area (Å²) in [6.07, 6.45) is 0.0494. The number of halogens is 1. The van der Waals surface area contributed by atoms with E-state index in [9.17, 15) is 19.5 Å². The number of benzene rings is 1. The van der Waals surface area contributed by atoms with E-state index in [1.165, 1.54) is 9.80 Å². The van der Waals surface area contributed by atoms with Gasteiger partial charge in [-0.15, -0.1) is 0 Å². The maximum absolute atomic E-state index is 12.7. The number of para-hydroxylation sites is 1. The Morgan fingerprint density at radius 2 is 2.04 bits per heavy atom. The highest BCUT2D eigenvalue weighted by atomic mass is 35.5. The highest BCUT2D eigenvalue weighted by molar-refractivity contribution is 6.33. The second-order valence-electron chi connectivity index (χ2n) is 5.82. The molecular formula is C16H17ClN2O5. The third-order valence-electron chi connectivity index (χ3n) is 4.31. The first kappa shape index (κ1) is 16.7. The van der Waals surface area contributed by atoms with E-state index >= 15 is 0 Å². The average Bonchev–Trinajstić information content (AvgIpc) is 2.96. The van der Waals surface area contributed by atoms with Gasteiger partial charge < -0.3 is 19.6 Å². The summed E-state index contributed by atoms with van der Waals surface area (Å²) in [5.74, 6) is -2.20. The highest BCUT2D eigenvalue weighted by Crippen LogP contribution is 2.32. The molecule has 3 rings (SSSR count). The Bertz CT molecular complexity index is 680. The van der Waals surface area contributed by atoms with E-state index in [4.69, 9.17) is 16.3 Å². The molecule has 2 fully saturated rings. The Morgan fingerprint density at radius 1 is 1.29 bits per heavy atom. The van der Waals surface area contributed by atoms with Crippen LogP contribution in [0.2, 0.25) is 5.02 Å². The molecule has 24 heavy (non-hydrogen) atoms. The molecule has 1 N–H and O–H groups in total. The predicted octanol–water partition coefficient (Wildman–Crippen LogP) is 1.00. The normalized spacial score (nSPS) is 24.3. The van der Waals surface area contributed by atoms with E-state index in [-0.39, 0.29) is 37.9 Å². The van der Waals surface area contributed by atoms with Crippen molar-refractivity contribution < 1.29 is 24.2 Å². The number of carboxylic acids is 1. The number of rotatable bonds is 3. The van der Waals surface area contributed by atoms with Crippen LogP contribution in [0.5, 0.6) is 0 Å². The third kappa shape index (κ3) is 3.09. The van der Waals surface area contributed by atoms with E-state index in [1.54, 1.807) is 24.3 Å². The number of anilines is 1. The fourth-order valence-corrected chi connectivity index (χ4v) is 3.32. The smallest absolute Gasteiger partial charge is 0.328 e. The Morgan fingerprint density at radius 3 is 2.75 bits per heavy atom. The molecule has 2 aliphatic heterocycles. The SMILES string of the molecule is O=C(O)[C@@H]1COCCN1C(=O)[C@@H]1CC(=O)N(c2ccccc2Cl)C1. The van der Waals surface area contributed by atoms with Gasteiger partial charge in [-0.2, -0.15) is 0 Å². The predicted molar refractivity (Wildman–Crippen MR) is 85.9 cm³/mol. The summed E-state index contributed by atoms with van der Waals surface area (Å²) >= 11 is 6.13. The van der Waals surface area contributed by atoms with Crippen molar-refractivity contribution in [2.75, 3.05) is 31.2 Å². The molecule has 2 saturated heterocycles. The molecule has 0 unspecified atom stereocenters. The molecule has 0 saturated carbocycles. The van der Waals surface area contributed by atoms with Crippen molar-refractivity contribution in [1.29, 1.82) is 0 Å². The summed E-state index contributed by atoms with van der Waals surface area (Å²) in [6, 6.07) is 5.94. The van der Waals surface area contributed by atoms with Crippen LogP contribution in [0.3, 0.4) is 0 Å². The van der Waals surface area contributed by atoms with E-state index in [1.807, 2.05) is 0 Å². The van der Waals surface area contributed by atoms with Crippen LogP contribution >= 0.6 is 11.6 Å². The molecule has 0 aromatic heterocycles. The van der Waals surface area contributed by atoms with E-state index in [2.05, 4.69) is 0 Å². The fraction of sp³-hybridized carbons (Fsp3) is 0.438. The van der Waals surface area contributed by atoms with Crippen LogP contribution in [0.15, 0.2) is 24.3 Å². The van der Waals surface area contributed by atoms with Crippen molar-refractivity contribution in [3.05, 3.63) is 29.3 Å². The second kappa shape index (κ2) is 6.78. The Hall–Kier alpha value is -2.12. The number of amides is 2. The van der Waals surface area contributed by atoms with Crippen LogP contribution in [-0.2, 0) is 19.1 Å². The molecule has 0 radical (unpaired) electrons. The van der Waals surface area contributed by atoms with Gasteiger partial charge >= 0.3 is 5.97 Å². The Labute approximate surface area is 143 Å². The van der Waals surface area contributed by atoms with Gasteiger partial charge in [0.05, 0.1) is 29.8 Å². The summed E-state index contributed by atoms with van der Waals surface area (Å²) in [5, 5.41) is 9.69. The number of nitrogens with zero attached hydrogens (tertiary/aromatic N) is 2. The van der Waals surface area contributed by atoms with Crippen LogP contribution < -0.4 is 4.90 Å². The molecule has 7 nitrogen and oxygen atoms in total. The molecule has 2 atom stereocenters. The summed E-state index contributed by atoms with van der Waals surface area (Å²) in [5.41, 5.74) is 0.566. The summed E-state index contributed by atoms with van der Waals surface area (Å²) in [4.78, 5) is 39.1. The first-order valence-electron chi connectivity index (χ1n) is 7.65. The number of ether oxygens (including phenoxy) is 1. The van der Waals surface area contributed by atoms with Gasteiger partial charge in [-0.05, 0) is 12.1 Å². The first-order chi connectivity index (χ1) is 11.5. The van der Waals surface area contributed by atoms with E-state index < -0.39 is 17.9 Å². The topological polar surface area (TPSA) is 87.1 Å². The molecular weight excluding hydrogens is 336 g/mol. The maximum atomic E-state index is 12.7. The standard InChI is InChI=1S/C16H17ClN2O5/c17-11-3-1-2-4-12(11)19-8-10(7-14(19)20)15(21)18-5-6-24-9-13(18)16(22)23/h1-4,10,13H,5-9H2,(H,22,23)/t10-,13+/m1/s1. The van der Waals surface area contributed by atoms with Crippen molar-refractivity contribution in [2.24, 2.45) is 5.92 Å². The molecule has 1 aromatic carbocycles. The largest absolute Gasteiger partial charge is 0.480 e. The van der Waals surface area contributed by atoms with Crippen molar-refractivity contribution >= 4 is 35.1 Å². The number of carboxylic acid groups (broad SMARTS) is 1. The lowest BCUT2D eigenvalue weighted by Gasteiger charge is -2.34. The number of hydrogen-bond acceptors (Lipinski definition) is 4. The van der Waals surface area contributed by atoms with Gasteiger partial charge in [-0.3, -0.25) is 9.59 Å². The average molecular weight is 353 g/mol. The molecule has 0 aliphatic carbocycles. The zero-order chi connectivity index (χ0) is 17.3. The lowest BCUT2D eigenvalue weighted by atomic mass is 10.1. The number of morpholine rings is 1. The first-order valence-corrected chi connectivity index (χ1v) is 8.02. The second-order valence-corrected chi connectivity index (χ2v) is 6.22. The van der Waals surface area contributed by atoms with Gasteiger partial charge in [0.25, 0.3) is 0 Å². The number of carbonyl (C=O) groups excluding carboxylic acids is 2. The lowest BCUT2D eigenvalue weighted by Crippen LogP contribution is -2.54. The van der Waals surface area contributed by atoms with Crippen LogP contribution in [0.4, 0.5) is 5.69 Å². The minimum atomic E-state index is -1.10. The van der Waals surface area contributed by atoms with Crippen LogP contribution in [-0.4, -0.2) is 60.1 Å². The molecule has 2 heterocycles.